The number of nitrogens with one attached hydrogen (secondary N) is 1. The molecule has 0 aromatic carbocycles. The number of aromatic nitrogens is 8. The van der Waals surface area contributed by atoms with Crippen LogP contribution in [0.15, 0.2) is 31.5 Å². The first-order chi connectivity index (χ1) is 13.6. The van der Waals surface area contributed by atoms with Crippen molar-refractivity contribution in [2.45, 2.75) is 24.5 Å². The number of nitrogen functional groups attached to an aromatic ring is 1. The largest absolute Gasteiger partial charge is 0.394 e. The van der Waals surface area contributed by atoms with Gasteiger partial charge in [0.25, 0.3) is 0 Å². The average Bonchev–Trinajstić information content (AvgIpc) is 3.42. The van der Waals surface area contributed by atoms with Crippen LogP contribution in [0.4, 0.5) is 5.82 Å². The zero-order chi connectivity index (χ0) is 19.7. The molecule has 6 N–H and O–H groups in total. The number of ether oxygens (including phenoxy) is 1. The lowest BCUT2D eigenvalue weighted by molar-refractivity contribution is -0.0511. The number of aliphatic hydroxyl groups is 3. The molecule has 0 saturated carbocycles. The first-order valence-corrected chi connectivity index (χ1v) is 8.24. The molecule has 4 atom stereocenters. The Labute approximate surface area is 156 Å². The Morgan fingerprint density at radius 2 is 1.96 bits per heavy atom. The van der Waals surface area contributed by atoms with Gasteiger partial charge in [0.15, 0.2) is 23.3 Å². The minimum absolute atomic E-state index is 0.365. The molecule has 0 spiro atoms. The molecular formula is C15H17N9O4. The van der Waals surface area contributed by atoms with Gasteiger partial charge in [-0.2, -0.15) is 0 Å². The van der Waals surface area contributed by atoms with E-state index >= 15 is 0 Å². The summed E-state index contributed by atoms with van der Waals surface area (Å²) >= 11 is 0. The Kier molecular flexibility index (Phi) is 4.79. The van der Waals surface area contributed by atoms with E-state index in [2.05, 4.69) is 34.9 Å². The van der Waals surface area contributed by atoms with Gasteiger partial charge in [0.2, 0.25) is 0 Å². The summed E-state index contributed by atoms with van der Waals surface area (Å²) in [6.45, 7) is -0.365. The first kappa shape index (κ1) is 18.1. The van der Waals surface area contributed by atoms with Crippen LogP contribution in [0, 0.1) is 0 Å². The van der Waals surface area contributed by atoms with E-state index in [0.717, 1.165) is 0 Å². The van der Waals surface area contributed by atoms with Crippen molar-refractivity contribution < 1.29 is 20.1 Å². The third-order valence-corrected chi connectivity index (χ3v) is 4.28. The third-order valence-electron chi connectivity index (χ3n) is 4.28. The molecule has 1 aliphatic heterocycles. The number of fused-ring (bicyclic) bond motifs is 2. The van der Waals surface area contributed by atoms with Crippen LogP contribution in [0.25, 0.3) is 22.3 Å². The lowest BCUT2D eigenvalue weighted by Gasteiger charge is -2.16. The Morgan fingerprint density at radius 3 is 2.71 bits per heavy atom. The smallest absolute Gasteiger partial charge is 0.165 e. The van der Waals surface area contributed by atoms with E-state index in [0.29, 0.717) is 28.1 Å². The van der Waals surface area contributed by atoms with Crippen LogP contribution in [-0.2, 0) is 4.74 Å². The number of aromatic amines is 1. The molecule has 0 bridgehead atoms. The molecule has 0 amide bonds. The summed E-state index contributed by atoms with van der Waals surface area (Å²) in [5.74, 6) is 0.409. The van der Waals surface area contributed by atoms with Gasteiger partial charge < -0.3 is 30.8 Å². The lowest BCUT2D eigenvalue weighted by atomic mass is 10.1. The fourth-order valence-corrected chi connectivity index (χ4v) is 2.86. The Bertz CT molecular complexity index is 1080. The van der Waals surface area contributed by atoms with Gasteiger partial charge in [0.1, 0.15) is 42.0 Å². The number of rotatable bonds is 2. The topological polar surface area (TPSA) is 194 Å². The van der Waals surface area contributed by atoms with Gasteiger partial charge in [0.05, 0.1) is 25.5 Å². The molecule has 28 heavy (non-hydrogen) atoms. The highest BCUT2D eigenvalue weighted by molar-refractivity contribution is 5.80. The van der Waals surface area contributed by atoms with Crippen molar-refractivity contribution in [3.05, 3.63) is 31.5 Å². The summed E-state index contributed by atoms with van der Waals surface area (Å²) in [5, 5.41) is 28.6. The second-order valence-electron chi connectivity index (χ2n) is 5.97. The highest BCUT2D eigenvalue weighted by Crippen LogP contribution is 2.30. The SMILES string of the molecule is Nc1ncnc2[nH]cnc12.OC[C@H]1O[C@@H](n2cnc3cncnc32)[C@H](O)[C@@H]1O. The summed E-state index contributed by atoms with van der Waals surface area (Å²) in [6.07, 6.45) is 3.38. The molecule has 0 aliphatic carbocycles. The molecule has 4 aromatic rings. The summed E-state index contributed by atoms with van der Waals surface area (Å²) in [4.78, 5) is 26.4. The predicted molar refractivity (Wildman–Crippen MR) is 94.4 cm³/mol. The average molecular weight is 387 g/mol. The number of H-pyrrole nitrogens is 1. The zero-order valence-corrected chi connectivity index (χ0v) is 14.4. The fourth-order valence-electron chi connectivity index (χ4n) is 2.86. The molecule has 1 aliphatic rings. The molecule has 0 radical (unpaired) electrons. The quantitative estimate of drug-likeness (QED) is 0.265. The molecule has 0 unspecified atom stereocenters. The Hall–Kier alpha value is -3.26. The van der Waals surface area contributed by atoms with Crippen LogP contribution in [0.1, 0.15) is 6.23 Å². The first-order valence-electron chi connectivity index (χ1n) is 8.24. The van der Waals surface area contributed by atoms with Crippen LogP contribution in [0.5, 0.6) is 0 Å². The summed E-state index contributed by atoms with van der Waals surface area (Å²) < 4.78 is 6.91. The van der Waals surface area contributed by atoms with E-state index in [-0.39, 0.29) is 6.61 Å². The zero-order valence-electron chi connectivity index (χ0n) is 14.4. The van der Waals surface area contributed by atoms with Crippen molar-refractivity contribution in [3.8, 4) is 0 Å². The second-order valence-corrected chi connectivity index (χ2v) is 5.97. The predicted octanol–water partition coefficient (Wildman–Crippen LogP) is -1.63. The number of aliphatic hydroxyl groups excluding tert-OH is 3. The number of hydrogen-bond donors (Lipinski definition) is 5. The molecule has 1 fully saturated rings. The van der Waals surface area contributed by atoms with Crippen molar-refractivity contribution in [1.29, 1.82) is 0 Å². The number of anilines is 1. The van der Waals surface area contributed by atoms with E-state index in [1.54, 1.807) is 6.20 Å². The minimum Gasteiger partial charge on any atom is -0.394 e. The van der Waals surface area contributed by atoms with Crippen LogP contribution < -0.4 is 5.73 Å². The van der Waals surface area contributed by atoms with Gasteiger partial charge in [-0.1, -0.05) is 0 Å². The van der Waals surface area contributed by atoms with Crippen LogP contribution in [0.2, 0.25) is 0 Å². The molecule has 13 heteroatoms. The van der Waals surface area contributed by atoms with Crippen LogP contribution >= 0.6 is 0 Å². The van der Waals surface area contributed by atoms with E-state index in [1.165, 1.54) is 29.9 Å². The third kappa shape index (κ3) is 3.11. The molecule has 146 valence electrons. The maximum Gasteiger partial charge on any atom is 0.165 e. The molecule has 4 aromatic heterocycles. The Morgan fingerprint density at radius 1 is 1.11 bits per heavy atom. The molecule has 5 heterocycles. The van der Waals surface area contributed by atoms with Gasteiger partial charge in [-0.3, -0.25) is 4.57 Å². The maximum absolute atomic E-state index is 9.91. The maximum atomic E-state index is 9.91. The number of imidazole rings is 2. The van der Waals surface area contributed by atoms with E-state index in [9.17, 15) is 10.2 Å². The molecule has 1 saturated heterocycles. The Balaban J connectivity index is 0.000000162. The van der Waals surface area contributed by atoms with E-state index in [1.807, 2.05) is 0 Å². The van der Waals surface area contributed by atoms with Gasteiger partial charge in [0, 0.05) is 0 Å². The van der Waals surface area contributed by atoms with Crippen molar-refractivity contribution in [2.24, 2.45) is 0 Å². The van der Waals surface area contributed by atoms with Gasteiger partial charge >= 0.3 is 0 Å². The summed E-state index contributed by atoms with van der Waals surface area (Å²) in [6, 6.07) is 0. The lowest BCUT2D eigenvalue weighted by Crippen LogP contribution is -2.33. The number of nitrogens with two attached hydrogens (primary N) is 1. The molecule has 5 rings (SSSR count). The van der Waals surface area contributed by atoms with Crippen molar-refractivity contribution in [3.63, 3.8) is 0 Å². The van der Waals surface area contributed by atoms with E-state index in [4.69, 9.17) is 15.6 Å². The van der Waals surface area contributed by atoms with Crippen LogP contribution in [-0.4, -0.2) is 79.7 Å². The summed E-state index contributed by atoms with van der Waals surface area (Å²) in [7, 11) is 0. The molecule has 13 nitrogen and oxygen atoms in total. The second kappa shape index (κ2) is 7.40. The van der Waals surface area contributed by atoms with Crippen molar-refractivity contribution in [1.82, 2.24) is 39.5 Å². The fraction of sp³-hybridized carbons (Fsp3) is 0.333. The highest BCUT2D eigenvalue weighted by atomic mass is 16.6. The monoisotopic (exact) mass is 387 g/mol. The normalized spacial score (nSPS) is 24.4. The van der Waals surface area contributed by atoms with Gasteiger partial charge in [-0.25, -0.2) is 29.9 Å². The van der Waals surface area contributed by atoms with Crippen LogP contribution in [0.3, 0.4) is 0 Å². The standard InChI is InChI=1S/C10H12N4O4.C5H5N5/c15-2-6-7(16)8(17)10(18-6)14-4-13-5-1-11-3-12-9(5)14;6-4-3-5(9-1-7-3)10-2-8-4/h1,3-4,6-8,10,15-17H,2H2;1-2H,(H3,6,7,8,9,10)/t6-,7-,8-,10-;/m1./s1. The number of nitrogens with zero attached hydrogens (tertiary/aromatic N) is 7. The van der Waals surface area contributed by atoms with Gasteiger partial charge in [-0.15, -0.1) is 0 Å². The highest BCUT2D eigenvalue weighted by Gasteiger charge is 2.43. The number of hydrogen-bond acceptors (Lipinski definition) is 11. The summed E-state index contributed by atoms with van der Waals surface area (Å²) in [5.41, 5.74) is 7.83. The van der Waals surface area contributed by atoms with Crippen molar-refractivity contribution in [2.75, 3.05) is 12.3 Å². The minimum atomic E-state index is -1.14. The van der Waals surface area contributed by atoms with Gasteiger partial charge in [-0.05, 0) is 0 Å². The van der Waals surface area contributed by atoms with E-state index < -0.39 is 24.5 Å². The molecular weight excluding hydrogens is 370 g/mol. The van der Waals surface area contributed by atoms with Crippen molar-refractivity contribution >= 4 is 28.1 Å².